The largest absolute Gasteiger partial charge is 0.462 e. The summed E-state index contributed by atoms with van der Waals surface area (Å²) >= 11 is 5.94. The van der Waals surface area contributed by atoms with Gasteiger partial charge in [-0.05, 0) is 67.1 Å². The fourth-order valence-electron chi connectivity index (χ4n) is 4.52. The molecule has 3 aromatic carbocycles. The third kappa shape index (κ3) is 6.12. The van der Waals surface area contributed by atoms with Gasteiger partial charge in [0.25, 0.3) is 0 Å². The molecule has 0 atom stereocenters. The van der Waals surface area contributed by atoms with Gasteiger partial charge < -0.3 is 29.7 Å². The number of nitrogens with zero attached hydrogens (tertiary/aromatic N) is 2. The quantitative estimate of drug-likeness (QED) is 0.400. The SMILES string of the molecule is CCOC(=O)c1ccc(N2CCN(Cc3ccc4c(c3)OCO4)CC2)c(NC(=O)Nc2ccc(Cl)cc2)c1. The molecule has 0 aromatic heterocycles. The maximum Gasteiger partial charge on any atom is 0.338 e. The van der Waals surface area contributed by atoms with E-state index in [-0.39, 0.29) is 13.4 Å². The molecule has 5 rings (SSSR count). The summed E-state index contributed by atoms with van der Waals surface area (Å²) in [5.41, 5.74) is 3.52. The van der Waals surface area contributed by atoms with Crippen molar-refractivity contribution in [3.05, 3.63) is 76.8 Å². The first kappa shape index (κ1) is 25.7. The van der Waals surface area contributed by atoms with E-state index < -0.39 is 12.0 Å². The molecule has 0 unspecified atom stereocenters. The first-order chi connectivity index (χ1) is 18.5. The van der Waals surface area contributed by atoms with Gasteiger partial charge in [-0.2, -0.15) is 0 Å². The average molecular weight is 537 g/mol. The van der Waals surface area contributed by atoms with Crippen molar-refractivity contribution in [1.29, 1.82) is 0 Å². The van der Waals surface area contributed by atoms with Gasteiger partial charge in [0.1, 0.15) is 0 Å². The Morgan fingerprint density at radius 1 is 0.921 bits per heavy atom. The van der Waals surface area contributed by atoms with Crippen molar-refractivity contribution in [2.45, 2.75) is 13.5 Å². The monoisotopic (exact) mass is 536 g/mol. The van der Waals surface area contributed by atoms with Crippen molar-refractivity contribution in [3.8, 4) is 11.5 Å². The van der Waals surface area contributed by atoms with Crippen LogP contribution in [0.15, 0.2) is 60.7 Å². The zero-order chi connectivity index (χ0) is 26.5. The number of halogens is 1. The number of hydrogen-bond acceptors (Lipinski definition) is 7. The minimum absolute atomic E-state index is 0.264. The lowest BCUT2D eigenvalue weighted by Crippen LogP contribution is -2.46. The minimum atomic E-state index is -0.436. The Morgan fingerprint density at radius 2 is 1.68 bits per heavy atom. The number of hydrogen-bond donors (Lipinski definition) is 2. The third-order valence-electron chi connectivity index (χ3n) is 6.41. The number of piperazine rings is 1. The van der Waals surface area contributed by atoms with E-state index in [0.29, 0.717) is 22.0 Å². The second-order valence-electron chi connectivity index (χ2n) is 8.99. The summed E-state index contributed by atoms with van der Waals surface area (Å²) in [5.74, 6) is 1.13. The Morgan fingerprint density at radius 3 is 2.45 bits per heavy atom. The van der Waals surface area contributed by atoms with Crippen LogP contribution in [0.25, 0.3) is 0 Å². The molecule has 0 spiro atoms. The van der Waals surface area contributed by atoms with Gasteiger partial charge in [0.15, 0.2) is 11.5 Å². The van der Waals surface area contributed by atoms with E-state index in [0.717, 1.165) is 49.9 Å². The predicted octanol–water partition coefficient (Wildman–Crippen LogP) is 5.21. The summed E-state index contributed by atoms with van der Waals surface area (Å²) in [6.07, 6.45) is 0. The number of urea groups is 1. The van der Waals surface area contributed by atoms with Crippen LogP contribution in [0, 0.1) is 0 Å². The summed E-state index contributed by atoms with van der Waals surface area (Å²) in [7, 11) is 0. The molecule has 38 heavy (non-hydrogen) atoms. The van der Waals surface area contributed by atoms with Crippen molar-refractivity contribution in [2.75, 3.05) is 55.1 Å². The second kappa shape index (κ2) is 11.6. The lowest BCUT2D eigenvalue weighted by Gasteiger charge is -2.37. The summed E-state index contributed by atoms with van der Waals surface area (Å²) in [4.78, 5) is 29.8. The smallest absolute Gasteiger partial charge is 0.338 e. The van der Waals surface area contributed by atoms with E-state index in [9.17, 15) is 9.59 Å². The first-order valence-corrected chi connectivity index (χ1v) is 12.9. The number of amides is 2. The Bertz CT molecular complexity index is 1310. The molecule has 10 heteroatoms. The molecule has 9 nitrogen and oxygen atoms in total. The molecule has 198 valence electrons. The molecular weight excluding hydrogens is 508 g/mol. The fraction of sp³-hybridized carbons (Fsp3) is 0.286. The van der Waals surface area contributed by atoms with E-state index in [4.69, 9.17) is 25.8 Å². The number of benzene rings is 3. The number of ether oxygens (including phenoxy) is 3. The molecule has 3 aromatic rings. The summed E-state index contributed by atoms with van der Waals surface area (Å²) < 4.78 is 16.1. The van der Waals surface area contributed by atoms with E-state index in [1.807, 2.05) is 18.2 Å². The number of carbonyl (C=O) groups is 2. The van der Waals surface area contributed by atoms with Gasteiger partial charge in [0, 0.05) is 43.4 Å². The zero-order valence-electron chi connectivity index (χ0n) is 21.0. The van der Waals surface area contributed by atoms with Crippen molar-refractivity contribution in [2.24, 2.45) is 0 Å². The molecule has 2 heterocycles. The van der Waals surface area contributed by atoms with Crippen molar-refractivity contribution in [3.63, 3.8) is 0 Å². The maximum absolute atomic E-state index is 12.8. The van der Waals surface area contributed by atoms with E-state index in [1.165, 1.54) is 5.56 Å². The summed E-state index contributed by atoms with van der Waals surface area (Å²) in [6, 6.07) is 17.7. The zero-order valence-corrected chi connectivity index (χ0v) is 21.8. The van der Waals surface area contributed by atoms with Crippen LogP contribution in [0.4, 0.5) is 21.9 Å². The van der Waals surface area contributed by atoms with Gasteiger partial charge in [-0.25, -0.2) is 9.59 Å². The van der Waals surface area contributed by atoms with Crippen LogP contribution in [0.5, 0.6) is 11.5 Å². The molecule has 0 aliphatic carbocycles. The van der Waals surface area contributed by atoms with E-state index in [2.05, 4.69) is 26.5 Å². The Hall–Kier alpha value is -3.95. The Balaban J connectivity index is 1.27. The highest BCUT2D eigenvalue weighted by Crippen LogP contribution is 2.33. The minimum Gasteiger partial charge on any atom is -0.462 e. The summed E-state index contributed by atoms with van der Waals surface area (Å²) in [6.45, 7) is 6.30. The molecule has 2 N–H and O–H groups in total. The molecule has 0 radical (unpaired) electrons. The van der Waals surface area contributed by atoms with E-state index in [1.54, 1.807) is 43.3 Å². The van der Waals surface area contributed by atoms with Gasteiger partial charge in [0.2, 0.25) is 6.79 Å². The average Bonchev–Trinajstić information content (AvgIpc) is 3.39. The number of rotatable bonds is 7. The van der Waals surface area contributed by atoms with Crippen molar-refractivity contribution < 1.29 is 23.8 Å². The number of fused-ring (bicyclic) bond motifs is 1. The van der Waals surface area contributed by atoms with Crippen LogP contribution in [0.2, 0.25) is 5.02 Å². The van der Waals surface area contributed by atoms with Crippen molar-refractivity contribution in [1.82, 2.24) is 4.90 Å². The van der Waals surface area contributed by atoms with Crippen LogP contribution in [-0.4, -0.2) is 56.5 Å². The molecular formula is C28H29ClN4O5. The standard InChI is InChI=1S/C28H29ClN4O5/c1-2-36-27(34)20-4-9-24(23(16-20)31-28(35)30-22-7-5-21(29)6-8-22)33-13-11-32(12-14-33)17-19-3-10-25-26(15-19)38-18-37-25/h3-10,15-16H,2,11-14,17-18H2,1H3,(H2,30,31,35). The molecule has 2 aliphatic rings. The third-order valence-corrected chi connectivity index (χ3v) is 6.67. The molecule has 1 saturated heterocycles. The van der Waals surface area contributed by atoms with Gasteiger partial charge in [0.05, 0.1) is 23.5 Å². The van der Waals surface area contributed by atoms with Gasteiger partial charge in [-0.1, -0.05) is 17.7 Å². The Labute approximate surface area is 226 Å². The Kier molecular flexibility index (Phi) is 7.86. The number of anilines is 3. The van der Waals surface area contributed by atoms with E-state index >= 15 is 0 Å². The lowest BCUT2D eigenvalue weighted by molar-refractivity contribution is 0.0526. The number of esters is 1. The molecule has 2 amide bonds. The van der Waals surface area contributed by atoms with Gasteiger partial charge in [-0.3, -0.25) is 4.90 Å². The highest BCUT2D eigenvalue weighted by molar-refractivity contribution is 6.30. The van der Waals surface area contributed by atoms with Crippen LogP contribution in [0.3, 0.4) is 0 Å². The number of carbonyl (C=O) groups excluding carboxylic acids is 2. The van der Waals surface area contributed by atoms with Gasteiger partial charge in [-0.15, -0.1) is 0 Å². The molecule has 1 fully saturated rings. The molecule has 0 bridgehead atoms. The fourth-order valence-corrected chi connectivity index (χ4v) is 4.64. The van der Waals surface area contributed by atoms with Crippen LogP contribution in [0.1, 0.15) is 22.8 Å². The topological polar surface area (TPSA) is 92.4 Å². The van der Waals surface area contributed by atoms with Crippen LogP contribution >= 0.6 is 11.6 Å². The predicted molar refractivity (Wildman–Crippen MR) is 147 cm³/mol. The highest BCUT2D eigenvalue weighted by atomic mass is 35.5. The molecule has 2 aliphatic heterocycles. The van der Waals surface area contributed by atoms with Crippen molar-refractivity contribution >= 4 is 40.7 Å². The lowest BCUT2D eigenvalue weighted by atomic mass is 10.1. The van der Waals surface area contributed by atoms with Crippen LogP contribution < -0.4 is 25.0 Å². The van der Waals surface area contributed by atoms with Gasteiger partial charge >= 0.3 is 12.0 Å². The highest BCUT2D eigenvalue weighted by Gasteiger charge is 2.22. The second-order valence-corrected chi connectivity index (χ2v) is 9.43. The van der Waals surface area contributed by atoms with Crippen LogP contribution in [-0.2, 0) is 11.3 Å². The number of nitrogens with one attached hydrogen (secondary N) is 2. The first-order valence-electron chi connectivity index (χ1n) is 12.5. The maximum atomic E-state index is 12.8. The molecule has 0 saturated carbocycles. The normalized spacial score (nSPS) is 14.7. The summed E-state index contributed by atoms with van der Waals surface area (Å²) in [5, 5.41) is 6.30.